The van der Waals surface area contributed by atoms with Gasteiger partial charge in [0.25, 0.3) is 0 Å². The number of nitriles is 1. The van der Waals surface area contributed by atoms with Gasteiger partial charge in [0.05, 0.1) is 79.0 Å². The van der Waals surface area contributed by atoms with Crippen LogP contribution in [0.4, 0.5) is 46.0 Å². The number of likely N-dealkylation sites (N-methyl/N-ethyl adjacent to an activating group) is 2. The van der Waals surface area contributed by atoms with Crippen molar-refractivity contribution in [1.29, 1.82) is 5.26 Å². The number of benzene rings is 4. The second kappa shape index (κ2) is 27.9. The summed E-state index contributed by atoms with van der Waals surface area (Å²) in [6.07, 6.45) is 10.0. The Bertz CT molecular complexity index is 3120. The molecule has 4 N–H and O–H groups in total. The molecule has 19 nitrogen and oxygen atoms in total. The highest BCUT2D eigenvalue weighted by Crippen LogP contribution is 2.40. The molecule has 4 heterocycles. The standard InChI is InChI=1S/2C27H30N6O3.C2H3N.ClH/c2*1-6-26(34)29-21-15-22(25(36-5)16-24(21)32(2)13-14-35-4)31-27-28-12-11-20(30-27)19-17-33(3)23-10-8-7-9-18(19)23;1-2-3;/h2*6-12,15-17H,1,13-14H2,2-5H3,(H,29,34)(H,28,30,31);1H3;1H. The zero-order valence-electron chi connectivity index (χ0n) is 44.2. The summed E-state index contributed by atoms with van der Waals surface area (Å²) in [5, 5.41) is 21.8. The van der Waals surface area contributed by atoms with Gasteiger partial charge in [-0.2, -0.15) is 5.26 Å². The first kappa shape index (κ1) is 57.9. The Morgan fingerprint density at radius 2 is 1.03 bits per heavy atom. The number of methoxy groups -OCH3 is 4. The van der Waals surface area contributed by atoms with E-state index in [-0.39, 0.29) is 24.2 Å². The number of anilines is 8. The van der Waals surface area contributed by atoms with Crippen LogP contribution in [0, 0.1) is 11.3 Å². The highest BCUT2D eigenvalue weighted by atomic mass is 35.5. The van der Waals surface area contributed by atoms with E-state index in [1.165, 1.54) is 19.1 Å². The number of nitrogens with zero attached hydrogens (tertiary/aromatic N) is 9. The quantitative estimate of drug-likeness (QED) is 0.0523. The molecule has 0 spiro atoms. The van der Waals surface area contributed by atoms with Gasteiger partial charge in [0.1, 0.15) is 11.5 Å². The molecular weight excluding hydrogens is 986 g/mol. The molecule has 0 bridgehead atoms. The monoisotopic (exact) mass is 1050 g/mol. The molecule has 396 valence electrons. The van der Waals surface area contributed by atoms with E-state index in [4.69, 9.17) is 34.2 Å². The second-order valence-corrected chi connectivity index (χ2v) is 16.7. The topological polar surface area (TPSA) is 211 Å². The minimum atomic E-state index is -0.318. The molecule has 20 heteroatoms. The average Bonchev–Trinajstić information content (AvgIpc) is 3.95. The van der Waals surface area contributed by atoms with Gasteiger partial charge in [-0.15, -0.1) is 12.4 Å². The molecule has 4 aromatic carbocycles. The summed E-state index contributed by atoms with van der Waals surface area (Å²) in [4.78, 5) is 46.6. The molecule has 0 atom stereocenters. The number of hydrogen-bond acceptors (Lipinski definition) is 15. The predicted octanol–water partition coefficient (Wildman–Crippen LogP) is 10.1. The fourth-order valence-electron chi connectivity index (χ4n) is 8.04. The third-order valence-electron chi connectivity index (χ3n) is 11.8. The van der Waals surface area contributed by atoms with E-state index in [9.17, 15) is 9.59 Å². The van der Waals surface area contributed by atoms with Gasteiger partial charge in [-0.05, 0) is 48.6 Å². The SMILES string of the molecule is C=CC(=O)Nc1cc(Nc2nccc(-c3cn(C)c4ccccc34)n2)c(OC)cc1N(C)CCOC.C=CC(=O)Nc1cc(Nc2nccc(-c3cn(C)c4ccccc34)n2)c(OC)cc1N(C)CCOC.CC#N.Cl. The number of amides is 2. The van der Waals surface area contributed by atoms with Crippen LogP contribution in [0.15, 0.2) is 135 Å². The highest BCUT2D eigenvalue weighted by molar-refractivity contribution is 6.03. The van der Waals surface area contributed by atoms with E-state index >= 15 is 0 Å². The van der Waals surface area contributed by atoms with E-state index in [1.54, 1.807) is 59.0 Å². The smallest absolute Gasteiger partial charge is 0.247 e. The predicted molar refractivity (Wildman–Crippen MR) is 307 cm³/mol. The third kappa shape index (κ3) is 14.2. The molecule has 0 fully saturated rings. The first-order chi connectivity index (χ1) is 36.3. The van der Waals surface area contributed by atoms with Crippen LogP contribution in [0.5, 0.6) is 11.5 Å². The van der Waals surface area contributed by atoms with Crippen LogP contribution in [-0.2, 0) is 33.2 Å². The number of ether oxygens (including phenoxy) is 4. The van der Waals surface area contributed by atoms with Crippen molar-refractivity contribution >= 4 is 92.0 Å². The Hall–Kier alpha value is -8.96. The molecule has 8 rings (SSSR count). The van der Waals surface area contributed by atoms with Crippen LogP contribution in [0.25, 0.3) is 44.3 Å². The Morgan fingerprint density at radius 1 is 0.645 bits per heavy atom. The van der Waals surface area contributed by atoms with Crippen LogP contribution < -0.4 is 40.5 Å². The van der Waals surface area contributed by atoms with Gasteiger partial charge in [-0.1, -0.05) is 49.6 Å². The van der Waals surface area contributed by atoms with E-state index in [2.05, 4.69) is 90.2 Å². The number of carbonyl (C=O) groups excluding carboxylic acids is 2. The lowest BCUT2D eigenvalue weighted by Crippen LogP contribution is -2.24. The number of nitrogens with one attached hydrogen (secondary N) is 4. The molecule has 76 heavy (non-hydrogen) atoms. The lowest BCUT2D eigenvalue weighted by molar-refractivity contribution is -0.112. The number of aryl methyl sites for hydroxylation is 2. The number of carbonyl (C=O) groups is 2. The second-order valence-electron chi connectivity index (χ2n) is 16.7. The molecule has 4 aromatic heterocycles. The van der Waals surface area contributed by atoms with Gasteiger partial charge < -0.3 is 59.1 Å². The molecule has 0 aliphatic rings. The summed E-state index contributed by atoms with van der Waals surface area (Å²) in [5.41, 5.74) is 9.80. The zero-order valence-corrected chi connectivity index (χ0v) is 45.0. The minimum absolute atomic E-state index is 0. The first-order valence-electron chi connectivity index (χ1n) is 23.6. The van der Waals surface area contributed by atoms with Crippen molar-refractivity contribution in [3.63, 3.8) is 0 Å². The fourth-order valence-corrected chi connectivity index (χ4v) is 8.04. The van der Waals surface area contributed by atoms with Gasteiger partial charge in [0, 0.05) is 132 Å². The molecule has 8 aromatic rings. The van der Waals surface area contributed by atoms with Crippen LogP contribution >= 0.6 is 12.4 Å². The Balaban J connectivity index is 0.000000264. The molecule has 0 unspecified atom stereocenters. The maximum Gasteiger partial charge on any atom is 0.247 e. The number of rotatable bonds is 20. The van der Waals surface area contributed by atoms with Crippen LogP contribution in [0.1, 0.15) is 6.92 Å². The summed E-state index contributed by atoms with van der Waals surface area (Å²) >= 11 is 0. The van der Waals surface area contributed by atoms with Crippen molar-refractivity contribution in [2.75, 3.05) is 99.9 Å². The molecule has 0 radical (unpaired) electrons. The van der Waals surface area contributed by atoms with Crippen LogP contribution in [-0.4, -0.2) is 110 Å². The van der Waals surface area contributed by atoms with E-state index in [0.717, 1.165) is 55.7 Å². The molecule has 0 saturated carbocycles. The van der Waals surface area contributed by atoms with E-state index in [1.807, 2.05) is 86.5 Å². The van der Waals surface area contributed by atoms with Gasteiger partial charge in [0.15, 0.2) is 0 Å². The Morgan fingerprint density at radius 3 is 1.38 bits per heavy atom. The van der Waals surface area contributed by atoms with E-state index in [0.29, 0.717) is 72.4 Å². The largest absolute Gasteiger partial charge is 0.494 e. The summed E-state index contributed by atoms with van der Waals surface area (Å²) in [6, 6.07) is 29.2. The maximum atomic E-state index is 12.2. The summed E-state index contributed by atoms with van der Waals surface area (Å²) < 4.78 is 25.9. The van der Waals surface area contributed by atoms with Gasteiger partial charge in [-0.25, -0.2) is 19.9 Å². The Kier molecular flexibility index (Phi) is 21.3. The van der Waals surface area contributed by atoms with Crippen LogP contribution in [0.3, 0.4) is 0 Å². The molecular formula is C56H64ClN13O6. The zero-order chi connectivity index (χ0) is 54.0. The molecule has 2 amide bonds. The van der Waals surface area contributed by atoms with Crippen molar-refractivity contribution in [3.8, 4) is 40.1 Å². The number of para-hydroxylation sites is 2. The first-order valence-corrected chi connectivity index (χ1v) is 23.6. The lowest BCUT2D eigenvalue weighted by atomic mass is 10.1. The maximum absolute atomic E-state index is 12.2. The fraction of sp³-hybridized carbons (Fsp3) is 0.232. The van der Waals surface area contributed by atoms with Gasteiger partial charge in [0.2, 0.25) is 23.7 Å². The molecule has 0 saturated heterocycles. The normalized spacial score (nSPS) is 10.3. The minimum Gasteiger partial charge on any atom is -0.494 e. The van der Waals surface area contributed by atoms with E-state index < -0.39 is 0 Å². The summed E-state index contributed by atoms with van der Waals surface area (Å²) in [7, 11) is 14.3. The number of halogens is 1. The average molecular weight is 1050 g/mol. The van der Waals surface area contributed by atoms with Crippen molar-refractivity contribution in [3.05, 3.63) is 135 Å². The Labute approximate surface area is 449 Å². The third-order valence-corrected chi connectivity index (χ3v) is 11.8. The van der Waals surface area contributed by atoms with Crippen molar-refractivity contribution in [2.24, 2.45) is 14.1 Å². The summed E-state index contributed by atoms with van der Waals surface area (Å²) in [5.74, 6) is 1.32. The van der Waals surface area contributed by atoms with Crippen molar-refractivity contribution in [2.45, 2.75) is 6.92 Å². The number of hydrogen-bond donors (Lipinski definition) is 4. The highest BCUT2D eigenvalue weighted by Gasteiger charge is 2.20. The van der Waals surface area contributed by atoms with Crippen LogP contribution in [0.2, 0.25) is 0 Å². The van der Waals surface area contributed by atoms with Gasteiger partial charge in [-0.3, -0.25) is 9.59 Å². The molecule has 0 aliphatic heterocycles. The van der Waals surface area contributed by atoms with Crippen molar-refractivity contribution in [1.82, 2.24) is 29.1 Å². The lowest BCUT2D eigenvalue weighted by Gasteiger charge is -2.24. The number of aromatic nitrogens is 6. The van der Waals surface area contributed by atoms with Gasteiger partial charge >= 0.3 is 0 Å². The van der Waals surface area contributed by atoms with Crippen molar-refractivity contribution < 1.29 is 28.5 Å². The summed E-state index contributed by atoms with van der Waals surface area (Å²) in [6.45, 7) is 10.9. The molecule has 0 aliphatic carbocycles. The number of fused-ring (bicyclic) bond motifs is 2.